The third-order valence-corrected chi connectivity index (χ3v) is 2.58. The number of rotatable bonds is 2. The highest BCUT2D eigenvalue weighted by Crippen LogP contribution is 2.15. The molecule has 1 atom stereocenters. The molecule has 6 heteroatoms. The monoisotopic (exact) mass is 257 g/mol. The lowest BCUT2D eigenvalue weighted by Gasteiger charge is -2.33. The number of carbonyl (C=O) groups excluding carboxylic acids is 1. The van der Waals surface area contributed by atoms with Gasteiger partial charge >= 0.3 is 6.09 Å². The lowest BCUT2D eigenvalue weighted by molar-refractivity contribution is 0.0213. The number of nitrogens with one attached hydrogen (secondary N) is 1. The van der Waals surface area contributed by atoms with Crippen LogP contribution in [0.1, 0.15) is 27.2 Å². The Bertz CT molecular complexity index is 323. The highest BCUT2D eigenvalue weighted by atomic mass is 16.6. The standard InChI is InChI=1S/C12H23N3O3/c1-12(2,3)18-11(16)15-7-6-10(17-5)9(8-15)14-13-4/h10,13H,6-8H2,1-5H3/b14-9+. The fourth-order valence-electron chi connectivity index (χ4n) is 1.80. The van der Waals surface area contributed by atoms with Crippen LogP contribution in [0.15, 0.2) is 5.10 Å². The molecule has 0 bridgehead atoms. The average molecular weight is 257 g/mol. The van der Waals surface area contributed by atoms with Gasteiger partial charge in [-0.05, 0) is 27.2 Å². The zero-order valence-corrected chi connectivity index (χ0v) is 11.8. The van der Waals surface area contributed by atoms with E-state index in [9.17, 15) is 4.79 Å². The van der Waals surface area contributed by atoms with Gasteiger partial charge in [-0.25, -0.2) is 4.79 Å². The Balaban J connectivity index is 2.66. The van der Waals surface area contributed by atoms with Crippen LogP contribution in [0.3, 0.4) is 0 Å². The van der Waals surface area contributed by atoms with Crippen LogP contribution in [-0.4, -0.2) is 55.7 Å². The molecule has 1 rings (SSSR count). The first-order valence-corrected chi connectivity index (χ1v) is 6.11. The van der Waals surface area contributed by atoms with E-state index >= 15 is 0 Å². The highest BCUT2D eigenvalue weighted by molar-refractivity contribution is 5.93. The van der Waals surface area contributed by atoms with Gasteiger partial charge in [0.1, 0.15) is 11.7 Å². The molecular formula is C12H23N3O3. The topological polar surface area (TPSA) is 63.2 Å². The van der Waals surface area contributed by atoms with Crippen molar-refractivity contribution in [2.75, 3.05) is 27.2 Å². The zero-order valence-electron chi connectivity index (χ0n) is 11.8. The molecule has 104 valence electrons. The number of carbonyl (C=O) groups is 1. The molecule has 18 heavy (non-hydrogen) atoms. The minimum Gasteiger partial charge on any atom is -0.444 e. The minimum absolute atomic E-state index is 0.0314. The molecule has 0 radical (unpaired) electrons. The van der Waals surface area contributed by atoms with Crippen molar-refractivity contribution in [1.82, 2.24) is 10.3 Å². The fraction of sp³-hybridized carbons (Fsp3) is 0.833. The molecule has 1 aliphatic heterocycles. The van der Waals surface area contributed by atoms with Crippen LogP contribution in [0.2, 0.25) is 0 Å². The summed E-state index contributed by atoms with van der Waals surface area (Å²) in [7, 11) is 3.38. The van der Waals surface area contributed by atoms with Crippen molar-refractivity contribution in [3.8, 4) is 0 Å². The number of amides is 1. The van der Waals surface area contributed by atoms with Gasteiger partial charge in [0.15, 0.2) is 0 Å². The first-order valence-electron chi connectivity index (χ1n) is 6.11. The van der Waals surface area contributed by atoms with Gasteiger partial charge < -0.3 is 19.8 Å². The first-order chi connectivity index (χ1) is 8.37. The van der Waals surface area contributed by atoms with E-state index in [-0.39, 0.29) is 12.2 Å². The van der Waals surface area contributed by atoms with Gasteiger partial charge in [0.25, 0.3) is 0 Å². The second kappa shape index (κ2) is 6.04. The SMILES string of the molecule is CN/N=C1\CN(C(=O)OC(C)(C)C)CCC1OC. The average Bonchev–Trinajstić information content (AvgIpc) is 2.27. The Morgan fingerprint density at radius 1 is 1.50 bits per heavy atom. The molecule has 6 nitrogen and oxygen atoms in total. The molecule has 1 heterocycles. The van der Waals surface area contributed by atoms with E-state index in [0.29, 0.717) is 13.1 Å². The number of hydrogen-bond donors (Lipinski definition) is 1. The summed E-state index contributed by atoms with van der Waals surface area (Å²) >= 11 is 0. The number of hydrazone groups is 1. The van der Waals surface area contributed by atoms with Crippen LogP contribution in [0, 0.1) is 0 Å². The van der Waals surface area contributed by atoms with Crippen LogP contribution < -0.4 is 5.43 Å². The maximum atomic E-state index is 11.9. The Morgan fingerprint density at radius 3 is 2.67 bits per heavy atom. The Labute approximate surface area is 108 Å². The van der Waals surface area contributed by atoms with Gasteiger partial charge in [0.05, 0.1) is 12.3 Å². The molecule has 1 N–H and O–H groups in total. The molecule has 0 aromatic rings. The quantitative estimate of drug-likeness (QED) is 0.755. The molecule has 0 spiro atoms. The van der Waals surface area contributed by atoms with E-state index in [0.717, 1.165) is 12.1 Å². The summed E-state index contributed by atoms with van der Waals surface area (Å²) in [4.78, 5) is 13.6. The molecule has 1 unspecified atom stereocenters. The molecule has 1 saturated heterocycles. The maximum absolute atomic E-state index is 11.9. The van der Waals surface area contributed by atoms with Crippen molar-refractivity contribution in [3.63, 3.8) is 0 Å². The molecule has 0 aromatic carbocycles. The van der Waals surface area contributed by atoms with E-state index < -0.39 is 5.60 Å². The molecule has 0 saturated carbocycles. The molecule has 0 aliphatic carbocycles. The lowest BCUT2D eigenvalue weighted by atomic mass is 10.1. The Kier molecular flexibility index (Phi) is 4.95. The number of hydrogen-bond acceptors (Lipinski definition) is 5. The van der Waals surface area contributed by atoms with Crippen molar-refractivity contribution in [2.24, 2.45) is 5.10 Å². The zero-order chi connectivity index (χ0) is 13.8. The molecular weight excluding hydrogens is 234 g/mol. The summed E-state index contributed by atoms with van der Waals surface area (Å²) in [6, 6.07) is 0. The van der Waals surface area contributed by atoms with Gasteiger partial charge in [0, 0.05) is 20.7 Å². The smallest absolute Gasteiger partial charge is 0.410 e. The third-order valence-electron chi connectivity index (χ3n) is 2.58. The van der Waals surface area contributed by atoms with E-state index in [1.807, 2.05) is 20.8 Å². The molecule has 1 amide bonds. The van der Waals surface area contributed by atoms with Gasteiger partial charge in [-0.3, -0.25) is 0 Å². The summed E-state index contributed by atoms with van der Waals surface area (Å²) in [5.41, 5.74) is 3.08. The Morgan fingerprint density at radius 2 is 2.17 bits per heavy atom. The van der Waals surface area contributed by atoms with Crippen molar-refractivity contribution < 1.29 is 14.3 Å². The number of piperidine rings is 1. The van der Waals surface area contributed by atoms with Crippen LogP contribution in [-0.2, 0) is 9.47 Å². The van der Waals surface area contributed by atoms with Crippen LogP contribution >= 0.6 is 0 Å². The molecule has 0 aromatic heterocycles. The van der Waals surface area contributed by atoms with E-state index in [2.05, 4.69) is 10.5 Å². The van der Waals surface area contributed by atoms with Crippen LogP contribution in [0.4, 0.5) is 4.79 Å². The summed E-state index contributed by atoms with van der Waals surface area (Å²) < 4.78 is 10.7. The predicted octanol–water partition coefficient (Wildman–Crippen LogP) is 1.22. The molecule has 1 fully saturated rings. The van der Waals surface area contributed by atoms with E-state index in [1.54, 1.807) is 19.1 Å². The normalized spacial score (nSPS) is 23.1. The number of nitrogens with zero attached hydrogens (tertiary/aromatic N) is 2. The minimum atomic E-state index is -0.477. The van der Waals surface area contributed by atoms with Crippen molar-refractivity contribution in [1.29, 1.82) is 0 Å². The predicted molar refractivity (Wildman–Crippen MR) is 69.7 cm³/mol. The van der Waals surface area contributed by atoms with E-state index in [1.165, 1.54) is 0 Å². The first kappa shape index (κ1) is 14.8. The van der Waals surface area contributed by atoms with Crippen LogP contribution in [0.5, 0.6) is 0 Å². The summed E-state index contributed by atoms with van der Waals surface area (Å²) in [5.74, 6) is 0. The fourth-order valence-corrected chi connectivity index (χ4v) is 1.80. The number of ether oxygens (including phenoxy) is 2. The molecule has 1 aliphatic rings. The number of methoxy groups -OCH3 is 1. The summed E-state index contributed by atoms with van der Waals surface area (Å²) in [5, 5.41) is 4.16. The summed E-state index contributed by atoms with van der Waals surface area (Å²) in [6.45, 7) is 6.63. The van der Waals surface area contributed by atoms with Crippen molar-refractivity contribution >= 4 is 11.8 Å². The van der Waals surface area contributed by atoms with Crippen molar-refractivity contribution in [2.45, 2.75) is 38.9 Å². The third kappa shape index (κ3) is 4.18. The largest absolute Gasteiger partial charge is 0.444 e. The second-order valence-corrected chi connectivity index (χ2v) is 5.24. The van der Waals surface area contributed by atoms with Crippen molar-refractivity contribution in [3.05, 3.63) is 0 Å². The highest BCUT2D eigenvalue weighted by Gasteiger charge is 2.30. The van der Waals surface area contributed by atoms with Gasteiger partial charge in [-0.15, -0.1) is 0 Å². The Hall–Kier alpha value is -1.30. The number of likely N-dealkylation sites (tertiary alicyclic amines) is 1. The second-order valence-electron chi connectivity index (χ2n) is 5.24. The van der Waals surface area contributed by atoms with Gasteiger partial charge in [-0.1, -0.05) is 0 Å². The van der Waals surface area contributed by atoms with E-state index in [4.69, 9.17) is 9.47 Å². The van der Waals surface area contributed by atoms with Crippen LogP contribution in [0.25, 0.3) is 0 Å². The van der Waals surface area contributed by atoms with Gasteiger partial charge in [0.2, 0.25) is 0 Å². The maximum Gasteiger partial charge on any atom is 0.410 e. The summed E-state index contributed by atoms with van der Waals surface area (Å²) in [6.07, 6.45) is 0.396. The van der Waals surface area contributed by atoms with Gasteiger partial charge in [-0.2, -0.15) is 5.10 Å². The lowest BCUT2D eigenvalue weighted by Crippen LogP contribution is -2.49.